The van der Waals surface area contributed by atoms with Crippen LogP contribution in [-0.4, -0.2) is 39.0 Å². The molecular weight excluding hydrogens is 340 g/mol. The molecule has 0 saturated heterocycles. The topological polar surface area (TPSA) is 48.2 Å². The minimum Gasteiger partial charge on any atom is -0.470 e. The molecule has 0 aliphatic heterocycles. The van der Waals surface area contributed by atoms with Crippen molar-refractivity contribution in [3.63, 3.8) is 0 Å². The molecule has 0 spiro atoms. The summed E-state index contributed by atoms with van der Waals surface area (Å²) in [7, 11) is 5.27. The van der Waals surface area contributed by atoms with Crippen LogP contribution in [0.15, 0.2) is 16.5 Å². The Labute approximate surface area is 136 Å². The Balaban J connectivity index is 2.46. The van der Waals surface area contributed by atoms with Gasteiger partial charge in [0.1, 0.15) is 23.5 Å². The Hall–Kier alpha value is -1.28. The van der Waals surface area contributed by atoms with E-state index in [9.17, 15) is 13.2 Å². The van der Waals surface area contributed by atoms with Crippen molar-refractivity contribution in [3.05, 3.63) is 27.7 Å². The smallest absolute Gasteiger partial charge is 0.419 e. The molecule has 1 aromatic heterocycles. The van der Waals surface area contributed by atoms with Gasteiger partial charge in [0, 0.05) is 5.30 Å². The summed E-state index contributed by atoms with van der Waals surface area (Å²) in [5, 5.41) is 5.56. The van der Waals surface area contributed by atoms with Crippen LogP contribution in [0.4, 0.5) is 13.2 Å². The van der Waals surface area contributed by atoms with Gasteiger partial charge in [0.25, 0.3) is 5.89 Å². The quantitative estimate of drug-likeness (QED) is 0.775. The standard InChI is InChI=1S/C10H8B3Cl2F3N2O2/c11-10(12,13)22-8-20-19-7(21-8)3-1-2-4(14)5(6(3)15)9(16,17)18/h1-2H,11-13H2. The van der Waals surface area contributed by atoms with Gasteiger partial charge in [-0.05, 0) is 12.1 Å². The maximum absolute atomic E-state index is 13.0. The van der Waals surface area contributed by atoms with E-state index in [-0.39, 0.29) is 17.5 Å². The fourth-order valence-corrected chi connectivity index (χ4v) is 2.27. The second-order valence-corrected chi connectivity index (χ2v) is 6.15. The van der Waals surface area contributed by atoms with Crippen LogP contribution in [0.3, 0.4) is 0 Å². The van der Waals surface area contributed by atoms with Crippen LogP contribution < -0.4 is 4.74 Å². The van der Waals surface area contributed by atoms with Crippen molar-refractivity contribution in [1.29, 1.82) is 0 Å². The lowest BCUT2D eigenvalue weighted by Crippen LogP contribution is -2.37. The summed E-state index contributed by atoms with van der Waals surface area (Å²) in [6, 6.07) is 2.34. The number of hydrogen-bond donors (Lipinski definition) is 0. The number of benzene rings is 1. The van der Waals surface area contributed by atoms with Crippen LogP contribution in [0.5, 0.6) is 6.08 Å². The Kier molecular flexibility index (Phi) is 4.45. The largest absolute Gasteiger partial charge is 0.470 e. The summed E-state index contributed by atoms with van der Waals surface area (Å²) in [5.74, 6) is -0.189. The molecule has 0 aliphatic rings. The van der Waals surface area contributed by atoms with Crippen molar-refractivity contribution >= 4 is 46.7 Å². The van der Waals surface area contributed by atoms with E-state index >= 15 is 0 Å². The van der Waals surface area contributed by atoms with Crippen LogP contribution in [0.2, 0.25) is 10.0 Å². The average Bonchev–Trinajstić information content (AvgIpc) is 2.72. The van der Waals surface area contributed by atoms with Gasteiger partial charge in [0.15, 0.2) is 0 Å². The molecule has 2 aromatic rings. The first kappa shape index (κ1) is 17.1. The van der Waals surface area contributed by atoms with Crippen molar-refractivity contribution in [2.75, 3.05) is 0 Å². The van der Waals surface area contributed by atoms with Gasteiger partial charge in [-0.2, -0.15) is 13.2 Å². The number of alkyl halides is 3. The molecule has 0 aliphatic carbocycles. The number of rotatable bonds is 3. The fraction of sp³-hybridized carbons (Fsp3) is 0.200. The lowest BCUT2D eigenvalue weighted by atomic mass is 9.52. The molecule has 114 valence electrons. The lowest BCUT2D eigenvalue weighted by molar-refractivity contribution is -0.137. The summed E-state index contributed by atoms with van der Waals surface area (Å²) in [5.41, 5.74) is -1.22. The number of nitrogens with zero attached hydrogens (tertiary/aromatic N) is 2. The molecule has 0 radical (unpaired) electrons. The normalized spacial score (nSPS) is 12.4. The van der Waals surface area contributed by atoms with Gasteiger partial charge in [-0.3, -0.25) is 0 Å². The summed E-state index contributed by atoms with van der Waals surface area (Å²) in [4.78, 5) is 0. The molecule has 0 bridgehead atoms. The fourth-order valence-electron chi connectivity index (χ4n) is 1.60. The Morgan fingerprint density at radius 1 is 1.09 bits per heavy atom. The molecule has 2 rings (SSSR count). The Bertz CT molecular complexity index is 704. The zero-order valence-corrected chi connectivity index (χ0v) is 13.3. The highest BCUT2D eigenvalue weighted by molar-refractivity contribution is 6.58. The zero-order valence-electron chi connectivity index (χ0n) is 11.8. The van der Waals surface area contributed by atoms with E-state index in [0.717, 1.165) is 6.07 Å². The van der Waals surface area contributed by atoms with Crippen LogP contribution in [-0.2, 0) is 6.18 Å². The van der Waals surface area contributed by atoms with Gasteiger partial charge in [-0.15, -0.1) is 5.10 Å². The second-order valence-electron chi connectivity index (χ2n) is 5.37. The number of hydrogen-bond acceptors (Lipinski definition) is 4. The first-order chi connectivity index (χ1) is 9.99. The van der Waals surface area contributed by atoms with E-state index in [0.29, 0.717) is 0 Å². The molecule has 0 unspecified atom stereocenters. The lowest BCUT2D eigenvalue weighted by Gasteiger charge is -2.17. The van der Waals surface area contributed by atoms with Gasteiger partial charge in [-0.25, -0.2) is 0 Å². The highest BCUT2D eigenvalue weighted by Gasteiger charge is 2.37. The number of ether oxygens (including phenoxy) is 1. The van der Waals surface area contributed by atoms with Crippen LogP contribution in [0.1, 0.15) is 5.56 Å². The first-order valence-corrected chi connectivity index (χ1v) is 6.83. The van der Waals surface area contributed by atoms with E-state index in [2.05, 4.69) is 10.2 Å². The first-order valence-electron chi connectivity index (χ1n) is 6.07. The summed E-state index contributed by atoms with van der Waals surface area (Å²) in [6.45, 7) is 0. The SMILES string of the molecule is BC(B)(B)Oc1nnc(-c2ccc(Cl)c(C(F)(F)F)c2Cl)o1. The van der Waals surface area contributed by atoms with Crippen molar-refractivity contribution in [2.24, 2.45) is 0 Å². The Morgan fingerprint density at radius 2 is 1.73 bits per heavy atom. The maximum atomic E-state index is 13.0. The summed E-state index contributed by atoms with van der Waals surface area (Å²) in [6.07, 6.45) is -4.86. The molecular formula is C10H8B3Cl2F3N2O2. The van der Waals surface area contributed by atoms with E-state index in [1.807, 2.05) is 0 Å². The third kappa shape index (κ3) is 3.73. The van der Waals surface area contributed by atoms with Crippen molar-refractivity contribution in [1.82, 2.24) is 10.2 Å². The highest BCUT2D eigenvalue weighted by atomic mass is 35.5. The highest BCUT2D eigenvalue weighted by Crippen LogP contribution is 2.43. The molecule has 0 fully saturated rings. The second kappa shape index (κ2) is 5.74. The molecule has 0 atom stereocenters. The molecule has 0 amide bonds. The maximum Gasteiger partial charge on any atom is 0.419 e. The molecule has 0 N–H and O–H groups in total. The zero-order chi connectivity index (χ0) is 16.7. The average molecular weight is 349 g/mol. The third-order valence-electron chi connectivity index (χ3n) is 2.40. The minimum atomic E-state index is -4.70. The summed E-state index contributed by atoms with van der Waals surface area (Å²) >= 11 is 11.4. The molecule has 1 aromatic carbocycles. The molecule has 0 saturated carbocycles. The van der Waals surface area contributed by atoms with Crippen LogP contribution in [0.25, 0.3) is 11.5 Å². The van der Waals surface area contributed by atoms with E-state index in [1.165, 1.54) is 6.07 Å². The number of aromatic nitrogens is 2. The van der Waals surface area contributed by atoms with E-state index in [1.54, 1.807) is 23.5 Å². The van der Waals surface area contributed by atoms with Gasteiger partial charge < -0.3 is 9.15 Å². The Morgan fingerprint density at radius 3 is 2.27 bits per heavy atom. The summed E-state index contributed by atoms with van der Waals surface area (Å²) < 4.78 is 49.4. The third-order valence-corrected chi connectivity index (χ3v) is 3.11. The van der Waals surface area contributed by atoms with E-state index < -0.39 is 27.1 Å². The van der Waals surface area contributed by atoms with Gasteiger partial charge in [-0.1, -0.05) is 28.3 Å². The molecule has 22 heavy (non-hydrogen) atoms. The van der Waals surface area contributed by atoms with Crippen LogP contribution >= 0.6 is 23.2 Å². The molecule has 4 nitrogen and oxygen atoms in total. The monoisotopic (exact) mass is 348 g/mol. The van der Waals surface area contributed by atoms with Gasteiger partial charge in [0.2, 0.25) is 0 Å². The minimum absolute atomic E-state index is 0.0744. The van der Waals surface area contributed by atoms with Crippen molar-refractivity contribution < 1.29 is 22.3 Å². The van der Waals surface area contributed by atoms with Crippen molar-refractivity contribution in [2.45, 2.75) is 11.5 Å². The molecule has 12 heteroatoms. The molecule has 1 heterocycles. The van der Waals surface area contributed by atoms with Crippen molar-refractivity contribution in [3.8, 4) is 17.5 Å². The van der Waals surface area contributed by atoms with Gasteiger partial charge >= 0.3 is 12.3 Å². The predicted octanol–water partition coefficient (Wildman–Crippen LogP) is 0.952. The predicted molar refractivity (Wildman–Crippen MR) is 83.7 cm³/mol. The number of halogens is 5. The van der Waals surface area contributed by atoms with E-state index in [4.69, 9.17) is 32.4 Å². The van der Waals surface area contributed by atoms with Gasteiger partial charge in [0.05, 0.1) is 21.2 Å². The van der Waals surface area contributed by atoms with Crippen LogP contribution in [0, 0.1) is 0 Å².